The van der Waals surface area contributed by atoms with Crippen LogP contribution in [0.15, 0.2) is 18.2 Å². The number of nitrogens with one attached hydrogen (secondary N) is 2. The van der Waals surface area contributed by atoms with Crippen LogP contribution in [0.1, 0.15) is 35.2 Å². The Morgan fingerprint density at radius 2 is 1.67 bits per heavy atom. The van der Waals surface area contributed by atoms with E-state index in [1.807, 2.05) is 0 Å². The highest BCUT2D eigenvalue weighted by atomic mass is 32.2. The van der Waals surface area contributed by atoms with Crippen LogP contribution in [0.2, 0.25) is 0 Å². The van der Waals surface area contributed by atoms with Gasteiger partial charge in [0.25, 0.3) is 5.91 Å². The number of carbonyl (C=O) groups excluding carboxylic acids is 1. The molecule has 2 N–H and O–H groups in total. The average Bonchev–Trinajstić information content (AvgIpc) is 2.44. The number of ether oxygens (including phenoxy) is 1. The van der Waals surface area contributed by atoms with E-state index < -0.39 is 55.6 Å². The smallest absolute Gasteiger partial charge is 0.378 e. The molecule has 5 rings (SSSR count). The van der Waals surface area contributed by atoms with E-state index >= 15 is 0 Å². The number of hydrogen-bond acceptors (Lipinski definition) is 4. The third kappa shape index (κ3) is 3.31. The van der Waals surface area contributed by atoms with E-state index in [1.54, 1.807) is 0 Å². The molecule has 0 atom stereocenters. The van der Waals surface area contributed by atoms with Gasteiger partial charge in [-0.2, -0.15) is 26.3 Å². The SMILES string of the molecule is O=C(NC12CC(C(F)(F)F)(C1)C2)c1cc(C(F)(F)F)ccc1NS(=O)(=O)C1COC1. The zero-order chi connectivity index (χ0) is 22.2. The summed E-state index contributed by atoms with van der Waals surface area (Å²) in [5.74, 6) is -1.07. The third-order valence-electron chi connectivity index (χ3n) is 5.90. The second-order valence-electron chi connectivity index (χ2n) is 8.11. The maximum Gasteiger partial charge on any atom is 0.416 e. The topological polar surface area (TPSA) is 84.5 Å². The highest BCUT2D eigenvalue weighted by Crippen LogP contribution is 2.73. The fourth-order valence-corrected chi connectivity index (χ4v) is 5.36. The molecule has 166 valence electrons. The largest absolute Gasteiger partial charge is 0.416 e. The summed E-state index contributed by atoms with van der Waals surface area (Å²) in [4.78, 5) is 12.7. The van der Waals surface area contributed by atoms with Crippen LogP contribution in [0.4, 0.5) is 32.0 Å². The predicted molar refractivity (Wildman–Crippen MR) is 91.1 cm³/mol. The Hall–Kier alpha value is -2.02. The van der Waals surface area contributed by atoms with Gasteiger partial charge < -0.3 is 10.1 Å². The number of anilines is 1. The lowest BCUT2D eigenvalue weighted by Gasteiger charge is -2.70. The zero-order valence-electron chi connectivity index (χ0n) is 15.2. The molecule has 0 radical (unpaired) electrons. The van der Waals surface area contributed by atoms with Crippen LogP contribution in [-0.4, -0.2) is 44.5 Å². The maximum absolute atomic E-state index is 13.1. The van der Waals surface area contributed by atoms with Crippen molar-refractivity contribution in [2.45, 2.75) is 42.4 Å². The molecule has 2 bridgehead atoms. The third-order valence-corrected chi connectivity index (χ3v) is 7.55. The summed E-state index contributed by atoms with van der Waals surface area (Å²) in [6.07, 6.45) is -10.3. The Morgan fingerprint density at radius 3 is 2.13 bits per heavy atom. The first kappa shape index (κ1) is 21.2. The first-order valence-corrected chi connectivity index (χ1v) is 10.4. The van der Waals surface area contributed by atoms with Gasteiger partial charge in [-0.25, -0.2) is 8.42 Å². The van der Waals surface area contributed by atoms with Gasteiger partial charge in [-0.3, -0.25) is 9.52 Å². The number of halogens is 6. The Kier molecular flexibility index (Phi) is 4.42. The molecule has 30 heavy (non-hydrogen) atoms. The lowest BCUT2D eigenvalue weighted by molar-refractivity contribution is -0.336. The first-order valence-electron chi connectivity index (χ1n) is 8.86. The van der Waals surface area contributed by atoms with Crippen molar-refractivity contribution >= 4 is 21.6 Å². The number of hydrogen-bond donors (Lipinski definition) is 2. The fraction of sp³-hybridized carbons (Fsp3) is 0.588. The zero-order valence-corrected chi connectivity index (χ0v) is 16.0. The van der Waals surface area contributed by atoms with Gasteiger partial charge in [0, 0.05) is 5.54 Å². The van der Waals surface area contributed by atoms with Gasteiger partial charge in [-0.05, 0) is 37.5 Å². The van der Waals surface area contributed by atoms with Gasteiger partial charge in [0.2, 0.25) is 10.0 Å². The van der Waals surface area contributed by atoms with Gasteiger partial charge in [-0.15, -0.1) is 0 Å². The maximum atomic E-state index is 13.1. The molecular weight excluding hydrogens is 442 g/mol. The average molecular weight is 458 g/mol. The number of amides is 1. The lowest BCUT2D eigenvalue weighted by atomic mass is 9.39. The fourth-order valence-electron chi connectivity index (χ4n) is 4.16. The Bertz CT molecular complexity index is 981. The molecule has 3 aliphatic carbocycles. The highest BCUT2D eigenvalue weighted by molar-refractivity contribution is 7.93. The number of alkyl halides is 6. The molecule has 1 aliphatic heterocycles. The summed E-state index contributed by atoms with van der Waals surface area (Å²) in [6.45, 7) is -0.194. The molecule has 1 heterocycles. The molecule has 4 fully saturated rings. The van der Waals surface area contributed by atoms with Crippen LogP contribution in [0.5, 0.6) is 0 Å². The summed E-state index contributed by atoms with van der Waals surface area (Å²) < 4.78 is 110. The molecule has 6 nitrogen and oxygen atoms in total. The molecule has 4 aliphatic rings. The van der Waals surface area contributed by atoms with Gasteiger partial charge in [-0.1, -0.05) is 0 Å². The lowest BCUT2D eigenvalue weighted by Crippen LogP contribution is -2.78. The number of benzene rings is 1. The summed E-state index contributed by atoms with van der Waals surface area (Å²) in [6, 6.07) is 1.91. The highest BCUT2D eigenvalue weighted by Gasteiger charge is 2.79. The molecule has 1 amide bonds. The predicted octanol–water partition coefficient (Wildman–Crippen LogP) is 3.06. The van der Waals surface area contributed by atoms with E-state index in [9.17, 15) is 39.6 Å². The van der Waals surface area contributed by atoms with Crippen LogP contribution in [0, 0.1) is 5.41 Å². The number of sulfonamides is 1. The number of rotatable bonds is 5. The molecule has 0 unspecified atom stereocenters. The Labute approximate surface area is 167 Å². The Morgan fingerprint density at radius 1 is 1.07 bits per heavy atom. The van der Waals surface area contributed by atoms with Crippen molar-refractivity contribution in [3.8, 4) is 0 Å². The van der Waals surface area contributed by atoms with Crippen molar-refractivity contribution in [3.05, 3.63) is 29.3 Å². The summed E-state index contributed by atoms with van der Waals surface area (Å²) in [5, 5.41) is 1.45. The second kappa shape index (κ2) is 6.25. The van der Waals surface area contributed by atoms with Crippen molar-refractivity contribution in [1.29, 1.82) is 0 Å². The first-order chi connectivity index (χ1) is 13.7. The van der Waals surface area contributed by atoms with E-state index in [0.29, 0.717) is 12.1 Å². The van der Waals surface area contributed by atoms with E-state index in [1.165, 1.54) is 0 Å². The van der Waals surface area contributed by atoms with Gasteiger partial charge in [0.05, 0.1) is 35.4 Å². The molecule has 0 spiro atoms. The normalized spacial score (nSPS) is 28.7. The van der Waals surface area contributed by atoms with Crippen molar-refractivity contribution in [2.75, 3.05) is 17.9 Å². The van der Waals surface area contributed by atoms with Gasteiger partial charge >= 0.3 is 12.4 Å². The molecule has 13 heteroatoms. The minimum Gasteiger partial charge on any atom is -0.378 e. The summed E-state index contributed by atoms with van der Waals surface area (Å²) in [5.41, 5.74) is -5.18. The molecule has 1 saturated heterocycles. The molecule has 1 aromatic rings. The van der Waals surface area contributed by atoms with Crippen molar-refractivity contribution in [3.63, 3.8) is 0 Å². The summed E-state index contributed by atoms with van der Waals surface area (Å²) >= 11 is 0. The van der Waals surface area contributed by atoms with Crippen molar-refractivity contribution < 1.29 is 44.3 Å². The van der Waals surface area contributed by atoms with Crippen molar-refractivity contribution in [2.24, 2.45) is 5.41 Å². The second-order valence-corrected chi connectivity index (χ2v) is 10.1. The Balaban J connectivity index is 1.58. The standard InChI is InChI=1S/C17H16F6N2O4S/c18-16(19,20)9-1-2-12(25-30(27,28)10-4-29-5-10)11(3-9)13(26)24-15-6-14(7-15,8-15)17(21,22)23/h1-3,10,25H,4-8H2,(H,24,26). The molecular formula is C17H16F6N2O4S. The molecule has 1 aromatic carbocycles. The van der Waals surface area contributed by atoms with Crippen LogP contribution in [0.25, 0.3) is 0 Å². The van der Waals surface area contributed by atoms with E-state index in [0.717, 1.165) is 6.07 Å². The van der Waals surface area contributed by atoms with E-state index in [2.05, 4.69) is 10.0 Å². The quantitative estimate of drug-likeness (QED) is 0.665. The van der Waals surface area contributed by atoms with Crippen LogP contribution in [0.3, 0.4) is 0 Å². The van der Waals surface area contributed by atoms with Crippen LogP contribution < -0.4 is 10.0 Å². The molecule has 0 aromatic heterocycles. The van der Waals surface area contributed by atoms with Crippen LogP contribution >= 0.6 is 0 Å². The molecule has 3 saturated carbocycles. The number of carbonyl (C=O) groups is 1. The van der Waals surface area contributed by atoms with Crippen molar-refractivity contribution in [1.82, 2.24) is 5.32 Å². The van der Waals surface area contributed by atoms with E-state index in [-0.39, 0.29) is 38.2 Å². The minimum atomic E-state index is -4.80. The van der Waals surface area contributed by atoms with E-state index in [4.69, 9.17) is 4.74 Å². The van der Waals surface area contributed by atoms with Gasteiger partial charge in [0.1, 0.15) is 5.25 Å². The van der Waals surface area contributed by atoms with Gasteiger partial charge in [0.15, 0.2) is 0 Å². The minimum absolute atomic E-state index is 0.0971. The monoisotopic (exact) mass is 458 g/mol. The van der Waals surface area contributed by atoms with Crippen LogP contribution in [-0.2, 0) is 20.9 Å². The summed E-state index contributed by atoms with van der Waals surface area (Å²) in [7, 11) is -4.02.